The lowest BCUT2D eigenvalue weighted by Gasteiger charge is -2.35. The molecule has 0 radical (unpaired) electrons. The van der Waals surface area contributed by atoms with Gasteiger partial charge in [0.1, 0.15) is 0 Å². The van der Waals surface area contributed by atoms with E-state index < -0.39 is 0 Å². The first-order valence-electron chi connectivity index (χ1n) is 7.31. The Morgan fingerprint density at radius 1 is 1.42 bits per heavy atom. The van der Waals surface area contributed by atoms with E-state index in [1.165, 1.54) is 25.7 Å². The maximum absolute atomic E-state index is 12.0. The summed E-state index contributed by atoms with van der Waals surface area (Å²) in [6.07, 6.45) is 6.27. The summed E-state index contributed by atoms with van der Waals surface area (Å²) in [4.78, 5) is 16.7. The summed E-state index contributed by atoms with van der Waals surface area (Å²) in [5.41, 5.74) is 5.45. The van der Waals surface area contributed by atoms with Gasteiger partial charge in [0.25, 0.3) is 0 Å². The third-order valence-corrected chi connectivity index (χ3v) is 4.16. The predicted octanol–water partition coefficient (Wildman–Crippen LogP) is 1.78. The van der Waals surface area contributed by atoms with Gasteiger partial charge in [-0.2, -0.15) is 0 Å². The highest BCUT2D eigenvalue weighted by atomic mass is 32.1. The highest BCUT2D eigenvalue weighted by molar-refractivity contribution is 7.80. The van der Waals surface area contributed by atoms with Crippen molar-refractivity contribution in [2.24, 2.45) is 5.73 Å². The molecule has 1 atom stereocenters. The zero-order valence-corrected chi connectivity index (χ0v) is 13.0. The molecule has 1 aliphatic heterocycles. The number of thiocarbonyl (C=S) groups is 1. The minimum Gasteiger partial charge on any atom is -0.393 e. The molecule has 0 aromatic rings. The Hall–Kier alpha value is -0.680. The van der Waals surface area contributed by atoms with Gasteiger partial charge in [0, 0.05) is 39.0 Å². The van der Waals surface area contributed by atoms with Crippen molar-refractivity contribution in [2.45, 2.75) is 51.5 Å². The Morgan fingerprint density at radius 2 is 2.16 bits per heavy atom. The first kappa shape index (κ1) is 16.4. The number of piperidine rings is 1. The molecule has 1 unspecified atom stereocenters. The van der Waals surface area contributed by atoms with E-state index in [2.05, 4.69) is 11.8 Å². The van der Waals surface area contributed by atoms with Gasteiger partial charge in [0.2, 0.25) is 5.91 Å². The van der Waals surface area contributed by atoms with Crippen molar-refractivity contribution < 1.29 is 4.79 Å². The van der Waals surface area contributed by atoms with Crippen LogP contribution in [0.25, 0.3) is 0 Å². The molecule has 0 bridgehead atoms. The minimum atomic E-state index is 0.191. The fourth-order valence-corrected chi connectivity index (χ4v) is 2.74. The summed E-state index contributed by atoms with van der Waals surface area (Å²) >= 11 is 4.83. The molecule has 0 aliphatic carbocycles. The molecular weight excluding hydrogens is 258 g/mol. The zero-order valence-electron chi connectivity index (χ0n) is 12.2. The number of amides is 1. The molecule has 19 heavy (non-hydrogen) atoms. The lowest BCUT2D eigenvalue weighted by atomic mass is 10.00. The number of carbonyl (C=O) groups is 1. The van der Waals surface area contributed by atoms with Crippen molar-refractivity contribution in [2.75, 3.05) is 26.7 Å². The molecule has 0 aromatic carbocycles. The van der Waals surface area contributed by atoms with Crippen LogP contribution < -0.4 is 5.73 Å². The zero-order chi connectivity index (χ0) is 14.3. The van der Waals surface area contributed by atoms with E-state index in [-0.39, 0.29) is 5.91 Å². The molecule has 2 N–H and O–H groups in total. The van der Waals surface area contributed by atoms with Crippen LogP contribution in [0.15, 0.2) is 0 Å². The molecule has 4 nitrogen and oxygen atoms in total. The van der Waals surface area contributed by atoms with Gasteiger partial charge < -0.3 is 10.6 Å². The maximum Gasteiger partial charge on any atom is 0.223 e. The second-order valence-corrected chi connectivity index (χ2v) is 5.90. The van der Waals surface area contributed by atoms with Crippen molar-refractivity contribution in [1.29, 1.82) is 0 Å². The SMILES string of the molecule is CCC1CCCCN1CCC(=O)N(C)CCC(N)=S. The van der Waals surface area contributed by atoms with Crippen molar-refractivity contribution in [1.82, 2.24) is 9.80 Å². The molecule has 1 rings (SSSR count). The molecule has 0 spiro atoms. The van der Waals surface area contributed by atoms with Crippen LogP contribution in [0.4, 0.5) is 0 Å². The topological polar surface area (TPSA) is 49.6 Å². The van der Waals surface area contributed by atoms with E-state index in [1.807, 2.05) is 7.05 Å². The molecule has 110 valence electrons. The van der Waals surface area contributed by atoms with Gasteiger partial charge in [-0.15, -0.1) is 0 Å². The molecule has 1 amide bonds. The number of likely N-dealkylation sites (tertiary alicyclic amines) is 1. The van der Waals surface area contributed by atoms with Crippen molar-refractivity contribution in [3.8, 4) is 0 Å². The molecule has 0 aromatic heterocycles. The molecule has 1 fully saturated rings. The van der Waals surface area contributed by atoms with Crippen LogP contribution >= 0.6 is 12.2 Å². The van der Waals surface area contributed by atoms with E-state index in [9.17, 15) is 4.79 Å². The Morgan fingerprint density at radius 3 is 2.79 bits per heavy atom. The van der Waals surface area contributed by atoms with Gasteiger partial charge in [-0.3, -0.25) is 9.69 Å². The smallest absolute Gasteiger partial charge is 0.223 e. The largest absolute Gasteiger partial charge is 0.393 e. The van der Waals surface area contributed by atoms with Crippen LogP contribution in [-0.2, 0) is 4.79 Å². The molecule has 1 saturated heterocycles. The summed E-state index contributed by atoms with van der Waals surface area (Å²) < 4.78 is 0. The lowest BCUT2D eigenvalue weighted by molar-refractivity contribution is -0.130. The second-order valence-electron chi connectivity index (χ2n) is 5.38. The van der Waals surface area contributed by atoms with E-state index in [0.717, 1.165) is 13.1 Å². The van der Waals surface area contributed by atoms with Crippen LogP contribution in [0.3, 0.4) is 0 Å². The molecule has 1 heterocycles. The quantitative estimate of drug-likeness (QED) is 0.724. The van der Waals surface area contributed by atoms with Gasteiger partial charge >= 0.3 is 0 Å². The number of hydrogen-bond donors (Lipinski definition) is 1. The molecule has 1 aliphatic rings. The van der Waals surface area contributed by atoms with Gasteiger partial charge in [-0.1, -0.05) is 25.6 Å². The maximum atomic E-state index is 12.0. The third kappa shape index (κ3) is 5.87. The Bertz CT molecular complexity index is 309. The highest BCUT2D eigenvalue weighted by Crippen LogP contribution is 2.19. The van der Waals surface area contributed by atoms with Gasteiger partial charge in [0.15, 0.2) is 0 Å². The first-order chi connectivity index (χ1) is 9.04. The van der Waals surface area contributed by atoms with Crippen LogP contribution in [0.5, 0.6) is 0 Å². The van der Waals surface area contributed by atoms with Crippen molar-refractivity contribution >= 4 is 23.1 Å². The van der Waals surface area contributed by atoms with E-state index in [4.69, 9.17) is 18.0 Å². The van der Waals surface area contributed by atoms with Crippen molar-refractivity contribution in [3.05, 3.63) is 0 Å². The molecule has 0 saturated carbocycles. The fourth-order valence-electron chi connectivity index (χ4n) is 2.65. The summed E-state index contributed by atoms with van der Waals surface area (Å²) in [6, 6.07) is 0.670. The fraction of sp³-hybridized carbons (Fsp3) is 0.857. The van der Waals surface area contributed by atoms with Crippen LogP contribution in [0.2, 0.25) is 0 Å². The van der Waals surface area contributed by atoms with Crippen LogP contribution in [0.1, 0.15) is 45.4 Å². The summed E-state index contributed by atoms with van der Waals surface area (Å²) in [7, 11) is 1.83. The number of rotatable bonds is 7. The number of nitrogens with zero attached hydrogens (tertiary/aromatic N) is 2. The van der Waals surface area contributed by atoms with Gasteiger partial charge in [-0.25, -0.2) is 0 Å². The van der Waals surface area contributed by atoms with Crippen LogP contribution in [-0.4, -0.2) is 53.4 Å². The number of hydrogen-bond acceptors (Lipinski definition) is 3. The normalized spacial score (nSPS) is 20.2. The molecule has 5 heteroatoms. The van der Waals surface area contributed by atoms with Crippen molar-refractivity contribution in [3.63, 3.8) is 0 Å². The van der Waals surface area contributed by atoms with E-state index >= 15 is 0 Å². The monoisotopic (exact) mass is 285 g/mol. The van der Waals surface area contributed by atoms with Crippen LogP contribution in [0, 0.1) is 0 Å². The Balaban J connectivity index is 2.29. The van der Waals surface area contributed by atoms with E-state index in [1.54, 1.807) is 4.90 Å². The summed E-state index contributed by atoms with van der Waals surface area (Å²) in [5, 5.41) is 0. The number of nitrogens with two attached hydrogens (primary N) is 1. The Labute approximate surface area is 122 Å². The standard InChI is InChI=1S/C14H27N3OS/c1-3-12-6-4-5-9-17(12)11-8-14(18)16(2)10-7-13(15)19/h12H,3-11H2,1-2H3,(H2,15,19). The highest BCUT2D eigenvalue weighted by Gasteiger charge is 2.21. The van der Waals surface area contributed by atoms with Gasteiger partial charge in [-0.05, 0) is 25.8 Å². The average Bonchev–Trinajstić information content (AvgIpc) is 2.42. The Kier molecular flexibility index (Phi) is 7.31. The second kappa shape index (κ2) is 8.48. The third-order valence-electron chi connectivity index (χ3n) is 3.95. The first-order valence-corrected chi connectivity index (χ1v) is 7.71. The molecular formula is C14H27N3OS. The van der Waals surface area contributed by atoms with E-state index in [0.29, 0.717) is 30.4 Å². The number of carbonyl (C=O) groups excluding carboxylic acids is 1. The average molecular weight is 285 g/mol. The summed E-state index contributed by atoms with van der Waals surface area (Å²) in [6.45, 7) is 4.89. The van der Waals surface area contributed by atoms with Gasteiger partial charge in [0.05, 0.1) is 4.99 Å². The summed E-state index contributed by atoms with van der Waals surface area (Å²) in [5.74, 6) is 0.191. The lowest BCUT2D eigenvalue weighted by Crippen LogP contribution is -2.41. The minimum absolute atomic E-state index is 0.191. The predicted molar refractivity (Wildman–Crippen MR) is 83.2 cm³/mol.